The summed E-state index contributed by atoms with van der Waals surface area (Å²) in [6.45, 7) is 5.50. The molecule has 1 N–H and O–H groups in total. The minimum absolute atomic E-state index is 0.117. The highest BCUT2D eigenvalue weighted by molar-refractivity contribution is 5.99. The van der Waals surface area contributed by atoms with E-state index in [-0.39, 0.29) is 30.9 Å². The lowest BCUT2D eigenvalue weighted by molar-refractivity contribution is -0.164. The zero-order valence-corrected chi connectivity index (χ0v) is 29.9. The van der Waals surface area contributed by atoms with Crippen LogP contribution in [0.2, 0.25) is 0 Å². The fourth-order valence-corrected chi connectivity index (χ4v) is 8.31. The van der Waals surface area contributed by atoms with Gasteiger partial charge in [-0.1, -0.05) is 110 Å². The zero-order chi connectivity index (χ0) is 36.0. The molecule has 4 saturated heterocycles. The van der Waals surface area contributed by atoms with Crippen molar-refractivity contribution in [2.45, 2.75) is 81.7 Å². The lowest BCUT2D eigenvalue weighted by Crippen LogP contribution is -2.74. The molecule has 52 heavy (non-hydrogen) atoms. The van der Waals surface area contributed by atoms with Crippen LogP contribution in [0.15, 0.2) is 97.1 Å². The Bertz CT molecular complexity index is 1720. The van der Waals surface area contributed by atoms with Gasteiger partial charge < -0.3 is 24.8 Å². The van der Waals surface area contributed by atoms with Crippen LogP contribution in [0, 0.1) is 0 Å². The van der Waals surface area contributed by atoms with Crippen molar-refractivity contribution in [3.8, 4) is 0 Å². The van der Waals surface area contributed by atoms with Crippen molar-refractivity contribution in [1.82, 2.24) is 24.9 Å². The summed E-state index contributed by atoms with van der Waals surface area (Å²) in [5.41, 5.74) is 2.69. The summed E-state index contributed by atoms with van der Waals surface area (Å²) in [6, 6.07) is 25.9. The van der Waals surface area contributed by atoms with E-state index in [1.54, 1.807) is 0 Å². The fourth-order valence-electron chi connectivity index (χ4n) is 8.31. The van der Waals surface area contributed by atoms with Crippen molar-refractivity contribution in [1.29, 1.82) is 0 Å². The molecule has 272 valence electrons. The summed E-state index contributed by atoms with van der Waals surface area (Å²) in [5, 5.41) is 3.11. The second-order valence-electron chi connectivity index (χ2n) is 14.4. The Labute approximate surface area is 306 Å². The van der Waals surface area contributed by atoms with Crippen LogP contribution in [0.1, 0.15) is 74.2 Å². The third-order valence-corrected chi connectivity index (χ3v) is 11.2. The summed E-state index contributed by atoms with van der Waals surface area (Å²) in [7, 11) is 0. The van der Waals surface area contributed by atoms with Gasteiger partial charge in [0.1, 0.15) is 18.7 Å². The first-order chi connectivity index (χ1) is 25.4. The molecule has 3 aromatic rings. The first kappa shape index (κ1) is 35.4. The molecule has 0 bridgehead atoms. The van der Waals surface area contributed by atoms with Crippen molar-refractivity contribution < 1.29 is 23.9 Å². The second kappa shape index (κ2) is 16.2. The van der Waals surface area contributed by atoms with Gasteiger partial charge >= 0.3 is 6.09 Å². The Kier molecular flexibility index (Phi) is 11.0. The summed E-state index contributed by atoms with van der Waals surface area (Å²) < 4.78 is 5.54. The number of benzene rings is 3. The lowest BCUT2D eigenvalue weighted by Gasteiger charge is -2.52. The third-order valence-electron chi connectivity index (χ3n) is 11.2. The van der Waals surface area contributed by atoms with E-state index in [9.17, 15) is 19.2 Å². The maximum atomic E-state index is 14.5. The number of likely N-dealkylation sites (tertiary alicyclic amines) is 3. The molecule has 3 aromatic carbocycles. The van der Waals surface area contributed by atoms with Crippen molar-refractivity contribution >= 4 is 29.9 Å². The van der Waals surface area contributed by atoms with Crippen LogP contribution in [-0.4, -0.2) is 100 Å². The molecule has 0 spiro atoms. The molecule has 10 nitrogen and oxygen atoms in total. The Morgan fingerprint density at radius 2 is 1.48 bits per heavy atom. The van der Waals surface area contributed by atoms with Gasteiger partial charge in [-0.15, -0.1) is 0 Å². The number of amides is 4. The molecule has 7 rings (SSSR count). The third kappa shape index (κ3) is 7.62. The van der Waals surface area contributed by atoms with Gasteiger partial charge in [0, 0.05) is 19.1 Å². The maximum Gasteiger partial charge on any atom is 0.411 e. The number of ether oxygens (including phenoxy) is 1. The number of β-lactam (4-membered cyclic amide) rings is 1. The van der Waals surface area contributed by atoms with Gasteiger partial charge in [-0.2, -0.15) is 0 Å². The van der Waals surface area contributed by atoms with Crippen LogP contribution in [0.25, 0.3) is 6.08 Å². The monoisotopic (exact) mass is 703 g/mol. The quantitative estimate of drug-likeness (QED) is 0.262. The van der Waals surface area contributed by atoms with E-state index in [1.165, 1.54) is 29.1 Å². The van der Waals surface area contributed by atoms with Crippen molar-refractivity contribution in [3.63, 3.8) is 0 Å². The number of carbonyl (C=O) groups is 4. The molecular weight excluding hydrogens is 654 g/mol. The molecule has 4 heterocycles. The van der Waals surface area contributed by atoms with Crippen LogP contribution in [0.4, 0.5) is 4.79 Å². The van der Waals surface area contributed by atoms with Gasteiger partial charge in [0.05, 0.1) is 24.5 Å². The Balaban J connectivity index is 1.17. The van der Waals surface area contributed by atoms with Gasteiger partial charge in [-0.3, -0.25) is 19.3 Å². The highest BCUT2D eigenvalue weighted by Gasteiger charge is 2.58. The van der Waals surface area contributed by atoms with Gasteiger partial charge in [-0.25, -0.2) is 4.79 Å². The normalized spacial score (nSPS) is 24.0. The van der Waals surface area contributed by atoms with E-state index < -0.39 is 36.2 Å². The Morgan fingerprint density at radius 3 is 2.15 bits per heavy atom. The molecule has 0 saturated carbocycles. The van der Waals surface area contributed by atoms with E-state index in [4.69, 9.17) is 4.74 Å². The Hall–Kier alpha value is -4.96. The molecule has 0 radical (unpaired) electrons. The number of cyclic esters (lactones) is 1. The molecule has 4 amide bonds. The predicted molar refractivity (Wildman–Crippen MR) is 199 cm³/mol. The van der Waals surface area contributed by atoms with E-state index >= 15 is 0 Å². The van der Waals surface area contributed by atoms with Crippen LogP contribution in [-0.2, 0) is 19.1 Å². The number of carbonyl (C=O) groups excluding carboxylic acids is 4. The zero-order valence-electron chi connectivity index (χ0n) is 29.9. The topological polar surface area (TPSA) is 103 Å². The first-order valence-electron chi connectivity index (χ1n) is 18.8. The molecule has 5 atom stereocenters. The molecule has 0 unspecified atom stereocenters. The first-order valence-corrected chi connectivity index (χ1v) is 18.8. The average molecular weight is 704 g/mol. The molecule has 4 aliphatic heterocycles. The number of nitrogens with one attached hydrogen (secondary N) is 1. The van der Waals surface area contributed by atoms with E-state index in [2.05, 4.69) is 10.2 Å². The standard InChI is InChI=1S/C42H49N5O5/c1-30(32-16-8-3-9-17-32)43-40(49)36(28-38(48)45-26-22-34(23-27-45)44-24-12-5-13-25-44)46-35(21-20-31-14-6-2-7-15-31)39(41(46)50)47-37(29-52-42(47)51)33-18-10-4-11-19-33/h2-4,6-11,14-21,30,34-37,39H,5,12-13,22-29H2,1H3,(H,43,49)/t30-,35+,36+,37+,39-/m0/s1. The van der Waals surface area contributed by atoms with Crippen molar-refractivity contribution in [3.05, 3.63) is 114 Å². The average Bonchev–Trinajstić information content (AvgIpc) is 3.57. The number of nitrogens with zero attached hydrogens (tertiary/aromatic N) is 4. The van der Waals surface area contributed by atoms with Crippen molar-refractivity contribution in [2.75, 3.05) is 32.8 Å². The molecule has 4 fully saturated rings. The van der Waals surface area contributed by atoms with E-state index in [1.807, 2.05) is 115 Å². The van der Waals surface area contributed by atoms with Crippen LogP contribution in [0.5, 0.6) is 0 Å². The van der Waals surface area contributed by atoms with E-state index in [0.29, 0.717) is 19.1 Å². The largest absolute Gasteiger partial charge is 0.447 e. The Morgan fingerprint density at radius 1 is 0.846 bits per heavy atom. The minimum Gasteiger partial charge on any atom is -0.447 e. The SMILES string of the molecule is C[C@H](NC(=O)[C@@H](CC(=O)N1CCC(N2CCCCC2)CC1)N1C(=O)[C@@H](N2C(=O)OC[C@@H]2c2ccccc2)[C@H]1C=Cc1ccccc1)c1ccccc1. The molecule has 4 aliphatic rings. The second-order valence-corrected chi connectivity index (χ2v) is 14.4. The molecule has 0 aromatic heterocycles. The number of hydrogen-bond acceptors (Lipinski definition) is 6. The summed E-state index contributed by atoms with van der Waals surface area (Å²) >= 11 is 0. The summed E-state index contributed by atoms with van der Waals surface area (Å²) in [4.78, 5) is 63.8. The fraction of sp³-hybridized carbons (Fsp3) is 0.429. The smallest absolute Gasteiger partial charge is 0.411 e. The predicted octanol–water partition coefficient (Wildman–Crippen LogP) is 5.59. The van der Waals surface area contributed by atoms with E-state index in [0.717, 1.165) is 42.6 Å². The van der Waals surface area contributed by atoms with Gasteiger partial charge in [-0.05, 0) is 62.4 Å². The maximum absolute atomic E-state index is 14.5. The number of hydrogen-bond donors (Lipinski definition) is 1. The van der Waals surface area contributed by atoms with Crippen LogP contribution >= 0.6 is 0 Å². The van der Waals surface area contributed by atoms with Crippen molar-refractivity contribution in [2.24, 2.45) is 0 Å². The van der Waals surface area contributed by atoms with Gasteiger partial charge in [0.15, 0.2) is 0 Å². The van der Waals surface area contributed by atoms with Gasteiger partial charge in [0.2, 0.25) is 17.7 Å². The minimum atomic E-state index is -1.08. The molecular formula is C42H49N5O5. The van der Waals surface area contributed by atoms with Gasteiger partial charge in [0.25, 0.3) is 0 Å². The molecule has 0 aliphatic carbocycles. The lowest BCUT2D eigenvalue weighted by atomic mass is 9.87. The van der Waals surface area contributed by atoms with Crippen LogP contribution < -0.4 is 5.32 Å². The van der Waals surface area contributed by atoms with Crippen LogP contribution in [0.3, 0.4) is 0 Å². The highest BCUT2D eigenvalue weighted by atomic mass is 16.6. The highest BCUT2D eigenvalue weighted by Crippen LogP contribution is 2.39. The number of rotatable bonds is 11. The summed E-state index contributed by atoms with van der Waals surface area (Å²) in [5.74, 6) is -0.928. The molecule has 10 heteroatoms. The number of piperidine rings is 2. The summed E-state index contributed by atoms with van der Waals surface area (Å²) in [6.07, 6.45) is 8.60.